The third kappa shape index (κ3) is 30.7. The first-order valence-electron chi connectivity index (χ1n) is 16.4. The van der Waals surface area contributed by atoms with Crippen molar-refractivity contribution in [2.24, 2.45) is 0 Å². The highest BCUT2D eigenvalue weighted by molar-refractivity contribution is 7.47. The van der Waals surface area contributed by atoms with Gasteiger partial charge in [0.05, 0.1) is 47.5 Å². The van der Waals surface area contributed by atoms with Gasteiger partial charge in [-0.3, -0.25) is 9.05 Å². The van der Waals surface area contributed by atoms with Crippen LogP contribution in [0.3, 0.4) is 0 Å². The van der Waals surface area contributed by atoms with Gasteiger partial charge in [0.15, 0.2) is 0 Å². The Bertz CT molecular complexity index is 611. The van der Waals surface area contributed by atoms with E-state index in [4.69, 9.17) is 18.5 Å². The molecule has 0 aliphatic carbocycles. The molecule has 1 N–H and O–H groups in total. The lowest BCUT2D eigenvalue weighted by Gasteiger charge is -2.24. The Balaban J connectivity index is 3.47. The number of methoxy groups -OCH3 is 1. The molecule has 2 atom stereocenters. The molecule has 0 rings (SSSR count). The minimum Gasteiger partial charge on any atom is -0.379 e. The molecule has 0 aromatic rings. The Morgan fingerprint density at radius 1 is 0.675 bits per heavy atom. The Labute approximate surface area is 248 Å². The van der Waals surface area contributed by atoms with E-state index in [1.165, 1.54) is 109 Å². The zero-order valence-electron chi connectivity index (χ0n) is 27.1. The predicted molar refractivity (Wildman–Crippen MR) is 169 cm³/mol. The lowest BCUT2D eigenvalue weighted by Crippen LogP contribution is -2.35. The van der Waals surface area contributed by atoms with E-state index < -0.39 is 13.9 Å². The van der Waals surface area contributed by atoms with Crippen LogP contribution in [-0.2, 0) is 23.1 Å². The van der Waals surface area contributed by atoms with Gasteiger partial charge in [0.2, 0.25) is 0 Å². The highest BCUT2D eigenvalue weighted by Crippen LogP contribution is 2.43. The van der Waals surface area contributed by atoms with Gasteiger partial charge in [0, 0.05) is 20.1 Å². The molecule has 0 amide bonds. The molecule has 240 valence electrons. The molecule has 0 aliphatic rings. The molecular weight excluding hydrogens is 525 g/mol. The van der Waals surface area contributed by atoms with Gasteiger partial charge in [0.25, 0.3) is 0 Å². The Morgan fingerprint density at radius 3 is 1.68 bits per heavy atom. The molecule has 0 fully saturated rings. The fourth-order valence-electron chi connectivity index (χ4n) is 4.49. The highest BCUT2D eigenvalue weighted by Gasteiger charge is 2.23. The SMILES string of the molecule is CCCCCCCCC=CCCCCCCCCCCCCOCC(COP(=O)(O)OCCC[N+](C)(C)C)OC. The number of hydrogen-bond acceptors (Lipinski definition) is 5. The first-order chi connectivity index (χ1) is 19.2. The second-order valence-electron chi connectivity index (χ2n) is 12.2. The summed E-state index contributed by atoms with van der Waals surface area (Å²) >= 11 is 0. The molecule has 7 nitrogen and oxygen atoms in total. The minimum atomic E-state index is -4.07. The monoisotopic (exact) mass is 592 g/mol. The number of phosphoric acid groups is 1. The molecule has 40 heavy (non-hydrogen) atoms. The second kappa shape index (κ2) is 27.6. The molecule has 0 saturated carbocycles. The van der Waals surface area contributed by atoms with E-state index in [1.807, 2.05) is 0 Å². The Morgan fingerprint density at radius 2 is 1.18 bits per heavy atom. The van der Waals surface area contributed by atoms with E-state index in [1.54, 1.807) is 7.11 Å². The van der Waals surface area contributed by atoms with Crippen molar-refractivity contribution in [2.45, 2.75) is 135 Å². The number of phosphoric ester groups is 1. The van der Waals surface area contributed by atoms with E-state index in [-0.39, 0.29) is 13.2 Å². The number of hydrogen-bond donors (Lipinski definition) is 1. The van der Waals surface area contributed by atoms with E-state index >= 15 is 0 Å². The van der Waals surface area contributed by atoms with Crippen molar-refractivity contribution in [3.05, 3.63) is 12.2 Å². The van der Waals surface area contributed by atoms with E-state index in [0.29, 0.717) is 19.6 Å². The molecule has 0 heterocycles. The zero-order chi connectivity index (χ0) is 29.8. The van der Waals surface area contributed by atoms with Crippen molar-refractivity contribution in [3.63, 3.8) is 0 Å². The van der Waals surface area contributed by atoms with Crippen LogP contribution in [0.1, 0.15) is 129 Å². The average molecular weight is 593 g/mol. The van der Waals surface area contributed by atoms with E-state index in [0.717, 1.165) is 17.4 Å². The summed E-state index contributed by atoms with van der Waals surface area (Å²) in [5.74, 6) is 0. The Hall–Kier alpha value is -0.270. The number of ether oxygens (including phenoxy) is 2. The van der Waals surface area contributed by atoms with Crippen LogP contribution in [0.15, 0.2) is 12.2 Å². The number of nitrogens with zero attached hydrogens (tertiary/aromatic N) is 1. The van der Waals surface area contributed by atoms with Gasteiger partial charge in [-0.1, -0.05) is 103 Å². The van der Waals surface area contributed by atoms with E-state index in [9.17, 15) is 9.46 Å². The zero-order valence-corrected chi connectivity index (χ0v) is 28.0. The van der Waals surface area contributed by atoms with Crippen LogP contribution in [0.2, 0.25) is 0 Å². The summed E-state index contributed by atoms with van der Waals surface area (Å²) in [7, 11) is 3.69. The maximum Gasteiger partial charge on any atom is 0.472 e. The summed E-state index contributed by atoms with van der Waals surface area (Å²) in [6.07, 6.45) is 28.8. The van der Waals surface area contributed by atoms with Gasteiger partial charge < -0.3 is 18.9 Å². The van der Waals surface area contributed by atoms with Crippen molar-refractivity contribution in [3.8, 4) is 0 Å². The van der Waals surface area contributed by atoms with Gasteiger partial charge in [-0.15, -0.1) is 0 Å². The molecule has 2 unspecified atom stereocenters. The van der Waals surface area contributed by atoms with E-state index in [2.05, 4.69) is 40.2 Å². The van der Waals surface area contributed by atoms with Crippen LogP contribution in [0, 0.1) is 0 Å². The van der Waals surface area contributed by atoms with Crippen molar-refractivity contribution >= 4 is 7.82 Å². The van der Waals surface area contributed by atoms with Crippen LogP contribution in [-0.4, -0.2) is 76.7 Å². The largest absolute Gasteiger partial charge is 0.472 e. The quantitative estimate of drug-likeness (QED) is 0.0375. The van der Waals surface area contributed by atoms with Crippen LogP contribution >= 0.6 is 7.82 Å². The third-order valence-corrected chi connectivity index (χ3v) is 8.07. The first kappa shape index (κ1) is 39.7. The fraction of sp³-hybridized carbons (Fsp3) is 0.938. The summed E-state index contributed by atoms with van der Waals surface area (Å²) in [6, 6.07) is 0. The number of quaternary nitrogens is 1. The van der Waals surface area contributed by atoms with Gasteiger partial charge in [-0.05, 0) is 32.1 Å². The maximum atomic E-state index is 12.0. The molecule has 0 bridgehead atoms. The summed E-state index contributed by atoms with van der Waals surface area (Å²) in [5.41, 5.74) is 0. The normalized spacial score (nSPS) is 14.7. The average Bonchev–Trinajstić information content (AvgIpc) is 2.90. The summed E-state index contributed by atoms with van der Waals surface area (Å²) in [4.78, 5) is 9.85. The fourth-order valence-corrected chi connectivity index (χ4v) is 5.28. The first-order valence-corrected chi connectivity index (χ1v) is 17.9. The van der Waals surface area contributed by atoms with Crippen LogP contribution in [0.4, 0.5) is 0 Å². The lowest BCUT2D eigenvalue weighted by atomic mass is 10.1. The smallest absolute Gasteiger partial charge is 0.379 e. The topological polar surface area (TPSA) is 74.2 Å². The summed E-state index contributed by atoms with van der Waals surface area (Å²) in [6.45, 7) is 4.30. The van der Waals surface area contributed by atoms with Gasteiger partial charge >= 0.3 is 7.82 Å². The molecule has 0 spiro atoms. The Kier molecular flexibility index (Phi) is 27.4. The van der Waals surface area contributed by atoms with Crippen LogP contribution < -0.4 is 0 Å². The van der Waals surface area contributed by atoms with Crippen molar-refractivity contribution in [1.82, 2.24) is 0 Å². The number of unbranched alkanes of at least 4 members (excludes halogenated alkanes) is 16. The van der Waals surface area contributed by atoms with Crippen molar-refractivity contribution in [1.29, 1.82) is 0 Å². The molecule has 8 heteroatoms. The van der Waals surface area contributed by atoms with Crippen LogP contribution in [0.25, 0.3) is 0 Å². The standard InChI is InChI=1S/C32H66NO6P/c1-6-7-8-9-10-11-12-13-14-15-16-17-18-19-20-21-22-23-24-25-28-37-30-32(36-5)31-39-40(34,35)38-29-26-27-33(2,3)4/h13-14,32H,6-12,15-31H2,1-5H3/p+1. The molecule has 0 aromatic carbocycles. The maximum absolute atomic E-state index is 12.0. The lowest BCUT2D eigenvalue weighted by molar-refractivity contribution is -0.870. The molecule has 0 saturated heterocycles. The third-order valence-electron chi connectivity index (χ3n) is 7.09. The van der Waals surface area contributed by atoms with Gasteiger partial charge in [-0.25, -0.2) is 4.57 Å². The van der Waals surface area contributed by atoms with Gasteiger partial charge in [-0.2, -0.15) is 0 Å². The molecule has 0 radical (unpaired) electrons. The van der Waals surface area contributed by atoms with Crippen LogP contribution in [0.5, 0.6) is 0 Å². The highest BCUT2D eigenvalue weighted by atomic mass is 31.2. The number of rotatable bonds is 31. The molecule has 0 aromatic heterocycles. The predicted octanol–water partition coefficient (Wildman–Crippen LogP) is 8.85. The van der Waals surface area contributed by atoms with Crippen molar-refractivity contribution < 1.29 is 32.5 Å². The second-order valence-corrected chi connectivity index (χ2v) is 13.7. The van der Waals surface area contributed by atoms with Crippen molar-refractivity contribution in [2.75, 3.05) is 61.2 Å². The minimum absolute atomic E-state index is 0.0322. The summed E-state index contributed by atoms with van der Waals surface area (Å²) in [5, 5.41) is 0. The number of allylic oxidation sites excluding steroid dienone is 2. The molecular formula is C32H67NO6P+. The van der Waals surface area contributed by atoms with Gasteiger partial charge in [0.1, 0.15) is 6.10 Å². The molecule has 0 aliphatic heterocycles. The summed E-state index contributed by atoms with van der Waals surface area (Å²) < 4.78 is 34.0.